The van der Waals surface area contributed by atoms with Gasteiger partial charge in [-0.2, -0.15) is 0 Å². The molecule has 0 aromatic carbocycles. The third-order valence-electron chi connectivity index (χ3n) is 4.61. The van der Waals surface area contributed by atoms with Gasteiger partial charge in [0.2, 0.25) is 0 Å². The zero-order valence-electron chi connectivity index (χ0n) is 8.68. The zero-order chi connectivity index (χ0) is 10.5. The number of rotatable bonds is 2. The molecule has 2 aliphatic carbocycles. The molecular formula is C11H18O3. The molecule has 2 bridgehead atoms. The fraction of sp³-hybridized carbons (Fsp3) is 0.909. The van der Waals surface area contributed by atoms with Crippen molar-refractivity contribution < 1.29 is 15.0 Å². The summed E-state index contributed by atoms with van der Waals surface area (Å²) >= 11 is 0. The van der Waals surface area contributed by atoms with Crippen molar-refractivity contribution in [3.8, 4) is 0 Å². The van der Waals surface area contributed by atoms with Crippen LogP contribution in [0.2, 0.25) is 0 Å². The second-order valence-corrected chi connectivity index (χ2v) is 5.06. The van der Waals surface area contributed by atoms with E-state index in [1.807, 2.05) is 0 Å². The molecule has 0 radical (unpaired) electrons. The van der Waals surface area contributed by atoms with Crippen molar-refractivity contribution in [1.29, 1.82) is 0 Å². The number of aliphatic hydroxyl groups excluding tert-OH is 1. The van der Waals surface area contributed by atoms with Gasteiger partial charge in [0.25, 0.3) is 0 Å². The van der Waals surface area contributed by atoms with Crippen LogP contribution in [-0.2, 0) is 4.79 Å². The molecule has 2 rings (SSSR count). The summed E-state index contributed by atoms with van der Waals surface area (Å²) in [7, 11) is 0. The van der Waals surface area contributed by atoms with Crippen LogP contribution in [0.1, 0.15) is 26.7 Å². The molecule has 6 atom stereocenters. The lowest BCUT2D eigenvalue weighted by Gasteiger charge is -2.32. The van der Waals surface area contributed by atoms with Gasteiger partial charge >= 0.3 is 5.97 Å². The minimum Gasteiger partial charge on any atom is -0.479 e. The number of hydrogen-bond acceptors (Lipinski definition) is 2. The van der Waals surface area contributed by atoms with Gasteiger partial charge in [0, 0.05) is 0 Å². The first-order valence-electron chi connectivity index (χ1n) is 5.43. The molecule has 2 N–H and O–H groups in total. The fourth-order valence-corrected chi connectivity index (χ4v) is 3.54. The molecule has 14 heavy (non-hydrogen) atoms. The number of aliphatic hydroxyl groups is 1. The first kappa shape index (κ1) is 9.97. The topological polar surface area (TPSA) is 57.5 Å². The molecule has 0 aliphatic heterocycles. The van der Waals surface area contributed by atoms with Crippen LogP contribution in [0, 0.1) is 29.6 Å². The van der Waals surface area contributed by atoms with Crippen molar-refractivity contribution in [2.45, 2.75) is 32.8 Å². The number of hydrogen-bond donors (Lipinski definition) is 2. The Bertz CT molecular complexity index is 249. The third kappa shape index (κ3) is 1.26. The molecule has 2 fully saturated rings. The largest absolute Gasteiger partial charge is 0.479 e. The summed E-state index contributed by atoms with van der Waals surface area (Å²) in [6, 6.07) is 0. The zero-order valence-corrected chi connectivity index (χ0v) is 8.68. The minimum atomic E-state index is -1.14. The number of carboxylic acids is 1. The highest BCUT2D eigenvalue weighted by Gasteiger charge is 2.51. The van der Waals surface area contributed by atoms with Crippen molar-refractivity contribution in [2.75, 3.05) is 0 Å². The summed E-state index contributed by atoms with van der Waals surface area (Å²) in [6.45, 7) is 4.44. The fourth-order valence-electron chi connectivity index (χ4n) is 3.54. The molecule has 2 saturated carbocycles. The highest BCUT2D eigenvalue weighted by Crippen LogP contribution is 2.55. The van der Waals surface area contributed by atoms with E-state index >= 15 is 0 Å². The average molecular weight is 198 g/mol. The van der Waals surface area contributed by atoms with Crippen LogP contribution >= 0.6 is 0 Å². The summed E-state index contributed by atoms with van der Waals surface area (Å²) in [5, 5.41) is 18.3. The van der Waals surface area contributed by atoms with Crippen LogP contribution in [0.25, 0.3) is 0 Å². The van der Waals surface area contributed by atoms with Gasteiger partial charge in [-0.05, 0) is 42.4 Å². The second kappa shape index (κ2) is 3.23. The van der Waals surface area contributed by atoms with E-state index in [1.54, 1.807) is 0 Å². The molecule has 0 spiro atoms. The molecule has 80 valence electrons. The highest BCUT2D eigenvalue weighted by molar-refractivity contribution is 5.72. The van der Waals surface area contributed by atoms with E-state index in [1.165, 1.54) is 0 Å². The maximum atomic E-state index is 10.7. The van der Waals surface area contributed by atoms with Crippen molar-refractivity contribution in [3.63, 3.8) is 0 Å². The molecule has 0 aromatic heterocycles. The standard InChI is InChI=1S/C11H18O3/c1-5-6(2)8-3-7(5)4-9(8)10(12)11(13)14/h5-10,12H,3-4H2,1-2H3,(H,13,14). The average Bonchev–Trinajstić information content (AvgIpc) is 2.66. The Labute approximate surface area is 84.1 Å². The lowest BCUT2D eigenvalue weighted by atomic mass is 9.74. The van der Waals surface area contributed by atoms with Crippen molar-refractivity contribution in [3.05, 3.63) is 0 Å². The first-order chi connectivity index (χ1) is 6.52. The molecule has 0 saturated heterocycles. The van der Waals surface area contributed by atoms with E-state index in [4.69, 9.17) is 5.11 Å². The van der Waals surface area contributed by atoms with Crippen LogP contribution in [-0.4, -0.2) is 22.3 Å². The number of aliphatic carboxylic acids is 1. The SMILES string of the molecule is CC1C2CC(C(O)C(=O)O)C(C2)C1C. The van der Waals surface area contributed by atoms with E-state index in [0.717, 1.165) is 12.8 Å². The Morgan fingerprint density at radius 1 is 1.29 bits per heavy atom. The molecule has 2 aliphatic rings. The van der Waals surface area contributed by atoms with E-state index in [2.05, 4.69) is 13.8 Å². The summed E-state index contributed by atoms with van der Waals surface area (Å²) in [4.78, 5) is 10.7. The van der Waals surface area contributed by atoms with Gasteiger partial charge in [0.15, 0.2) is 6.10 Å². The van der Waals surface area contributed by atoms with Crippen LogP contribution in [0.5, 0.6) is 0 Å². The third-order valence-corrected chi connectivity index (χ3v) is 4.61. The van der Waals surface area contributed by atoms with Gasteiger partial charge in [-0.25, -0.2) is 4.79 Å². The number of carboxylic acid groups (broad SMARTS) is 1. The number of fused-ring (bicyclic) bond motifs is 2. The van der Waals surface area contributed by atoms with Crippen molar-refractivity contribution in [1.82, 2.24) is 0 Å². The summed E-state index contributed by atoms with van der Waals surface area (Å²) in [5.41, 5.74) is 0. The molecular weight excluding hydrogens is 180 g/mol. The summed E-state index contributed by atoms with van der Waals surface area (Å²) in [5.74, 6) is 1.31. The van der Waals surface area contributed by atoms with Crippen LogP contribution in [0.3, 0.4) is 0 Å². The van der Waals surface area contributed by atoms with Gasteiger partial charge < -0.3 is 10.2 Å². The van der Waals surface area contributed by atoms with Crippen LogP contribution in [0.15, 0.2) is 0 Å². The highest BCUT2D eigenvalue weighted by atomic mass is 16.4. The number of carbonyl (C=O) groups is 1. The first-order valence-corrected chi connectivity index (χ1v) is 5.43. The van der Waals surface area contributed by atoms with Crippen LogP contribution in [0.4, 0.5) is 0 Å². The van der Waals surface area contributed by atoms with Gasteiger partial charge in [-0.1, -0.05) is 13.8 Å². The molecule has 0 heterocycles. The maximum absolute atomic E-state index is 10.7. The molecule has 0 aromatic rings. The van der Waals surface area contributed by atoms with Crippen molar-refractivity contribution >= 4 is 5.97 Å². The van der Waals surface area contributed by atoms with Crippen LogP contribution < -0.4 is 0 Å². The van der Waals surface area contributed by atoms with Gasteiger partial charge in [0.1, 0.15) is 0 Å². The maximum Gasteiger partial charge on any atom is 0.332 e. The van der Waals surface area contributed by atoms with Crippen molar-refractivity contribution in [2.24, 2.45) is 29.6 Å². The second-order valence-electron chi connectivity index (χ2n) is 5.06. The smallest absolute Gasteiger partial charge is 0.332 e. The Balaban J connectivity index is 2.10. The quantitative estimate of drug-likeness (QED) is 0.704. The predicted molar refractivity (Wildman–Crippen MR) is 51.7 cm³/mol. The van der Waals surface area contributed by atoms with E-state index in [0.29, 0.717) is 23.7 Å². The Morgan fingerprint density at radius 3 is 2.36 bits per heavy atom. The monoisotopic (exact) mass is 198 g/mol. The Morgan fingerprint density at radius 2 is 1.93 bits per heavy atom. The van der Waals surface area contributed by atoms with E-state index < -0.39 is 12.1 Å². The Hall–Kier alpha value is -0.570. The molecule has 3 heteroatoms. The van der Waals surface area contributed by atoms with E-state index in [9.17, 15) is 9.90 Å². The van der Waals surface area contributed by atoms with Gasteiger partial charge in [-0.3, -0.25) is 0 Å². The molecule has 0 amide bonds. The van der Waals surface area contributed by atoms with Gasteiger partial charge in [-0.15, -0.1) is 0 Å². The normalized spacial score (nSPS) is 48.1. The Kier molecular flexibility index (Phi) is 2.30. The molecule has 3 nitrogen and oxygen atoms in total. The summed E-state index contributed by atoms with van der Waals surface area (Å²) in [6.07, 6.45) is 0.890. The summed E-state index contributed by atoms with van der Waals surface area (Å²) < 4.78 is 0. The van der Waals surface area contributed by atoms with Gasteiger partial charge in [0.05, 0.1) is 0 Å². The predicted octanol–water partition coefficient (Wildman–Crippen LogP) is 1.36. The lowest BCUT2D eigenvalue weighted by molar-refractivity contribution is -0.151. The molecule has 6 unspecified atom stereocenters. The minimum absolute atomic E-state index is 0.00343. The van der Waals surface area contributed by atoms with E-state index in [-0.39, 0.29) is 5.92 Å². The lowest BCUT2D eigenvalue weighted by Crippen LogP contribution is -2.37.